The Morgan fingerprint density at radius 1 is 1.50 bits per heavy atom. The normalized spacial score (nSPS) is 66.7. The molecule has 0 spiro atoms. The highest BCUT2D eigenvalue weighted by atomic mass is 16.6. The van der Waals surface area contributed by atoms with Crippen molar-refractivity contribution < 1.29 is 9.47 Å². The Bertz CT molecular complexity index is 241. The number of hydrogen-bond acceptors (Lipinski definition) is 2. The van der Waals surface area contributed by atoms with Gasteiger partial charge in [0.05, 0.1) is 17.3 Å². The maximum atomic E-state index is 5.81. The highest BCUT2D eigenvalue weighted by Crippen LogP contribution is 2.67. The summed E-state index contributed by atoms with van der Waals surface area (Å²) in [5.74, 6) is 0.574. The predicted octanol–water partition coefficient (Wildman–Crippen LogP) is 0.837. The maximum Gasteiger partial charge on any atom is 0.112 e. The third-order valence-electron chi connectivity index (χ3n) is 3.90. The second-order valence-corrected chi connectivity index (χ2v) is 4.55. The van der Waals surface area contributed by atoms with Gasteiger partial charge in [-0.25, -0.2) is 0 Å². The van der Waals surface area contributed by atoms with Crippen LogP contribution in [0.15, 0.2) is 0 Å². The van der Waals surface area contributed by atoms with Crippen LogP contribution in [-0.2, 0) is 9.47 Å². The summed E-state index contributed by atoms with van der Waals surface area (Å²) < 4.78 is 11.5. The van der Waals surface area contributed by atoms with Gasteiger partial charge < -0.3 is 9.47 Å². The smallest absolute Gasteiger partial charge is 0.112 e. The molecule has 0 aromatic rings. The Morgan fingerprint density at radius 3 is 2.75 bits per heavy atom. The van der Waals surface area contributed by atoms with Gasteiger partial charge in [-0.3, -0.25) is 0 Å². The van der Waals surface area contributed by atoms with E-state index in [1.54, 1.807) is 0 Å². The van der Waals surface area contributed by atoms with Crippen LogP contribution >= 0.6 is 0 Å². The number of ether oxygens (including phenoxy) is 2. The summed E-state index contributed by atoms with van der Waals surface area (Å²) in [4.78, 5) is 0. The topological polar surface area (TPSA) is 18.5 Å². The molecule has 1 aliphatic carbocycles. The van der Waals surface area contributed by atoms with Crippen molar-refractivity contribution >= 4 is 7.85 Å². The van der Waals surface area contributed by atoms with Crippen LogP contribution in [0.4, 0.5) is 0 Å². The lowest BCUT2D eigenvalue weighted by Crippen LogP contribution is -2.74. The van der Waals surface area contributed by atoms with E-state index in [2.05, 4.69) is 13.8 Å². The van der Waals surface area contributed by atoms with Gasteiger partial charge in [-0.2, -0.15) is 0 Å². The Labute approximate surface area is 74.0 Å². The standard InChI is InChI=1S/C9H13BO2/c1-3-9-4-8(2)6(9)5(11-8)7(10)12-9/h5-7H,3-4H2,1-2H3/t5?,6-,7+,8?,9-/m0/s1. The van der Waals surface area contributed by atoms with Crippen molar-refractivity contribution in [2.45, 2.75) is 50.0 Å². The van der Waals surface area contributed by atoms with E-state index in [-0.39, 0.29) is 23.3 Å². The molecule has 3 rings (SSSR count). The van der Waals surface area contributed by atoms with Gasteiger partial charge in [0.1, 0.15) is 7.85 Å². The summed E-state index contributed by atoms with van der Waals surface area (Å²) in [6.07, 6.45) is 2.29. The van der Waals surface area contributed by atoms with E-state index in [0.29, 0.717) is 5.92 Å². The molecule has 0 aromatic heterocycles. The molecule has 3 heteroatoms. The van der Waals surface area contributed by atoms with Crippen molar-refractivity contribution in [1.29, 1.82) is 0 Å². The first-order valence-corrected chi connectivity index (χ1v) is 4.72. The molecule has 3 fully saturated rings. The molecule has 2 saturated heterocycles. The average molecular weight is 164 g/mol. The minimum absolute atomic E-state index is 0.0804. The van der Waals surface area contributed by atoms with Gasteiger partial charge in [-0.1, -0.05) is 6.92 Å². The van der Waals surface area contributed by atoms with Crippen LogP contribution in [0, 0.1) is 5.92 Å². The fourth-order valence-electron chi connectivity index (χ4n) is 3.45. The largest absolute Gasteiger partial charge is 0.378 e. The van der Waals surface area contributed by atoms with E-state index in [1.165, 1.54) is 0 Å². The summed E-state index contributed by atoms with van der Waals surface area (Å²) in [5, 5.41) is 0. The van der Waals surface area contributed by atoms with Gasteiger partial charge in [0.15, 0.2) is 0 Å². The second-order valence-electron chi connectivity index (χ2n) is 4.55. The molecule has 0 amide bonds. The Hall–Kier alpha value is -0.0151. The monoisotopic (exact) mass is 164 g/mol. The summed E-state index contributed by atoms with van der Waals surface area (Å²) in [7, 11) is 5.81. The zero-order chi connectivity index (χ0) is 8.56. The average Bonchev–Trinajstić information content (AvgIpc) is 2.09. The van der Waals surface area contributed by atoms with E-state index in [4.69, 9.17) is 17.3 Å². The van der Waals surface area contributed by atoms with Crippen LogP contribution in [0.5, 0.6) is 0 Å². The van der Waals surface area contributed by atoms with E-state index in [1.807, 2.05) is 0 Å². The zero-order valence-electron chi connectivity index (χ0n) is 7.54. The molecular weight excluding hydrogens is 151 g/mol. The first kappa shape index (κ1) is 7.39. The van der Waals surface area contributed by atoms with Crippen molar-refractivity contribution in [2.75, 3.05) is 0 Å². The van der Waals surface area contributed by atoms with Crippen molar-refractivity contribution in [3.8, 4) is 0 Å². The third-order valence-corrected chi connectivity index (χ3v) is 3.90. The van der Waals surface area contributed by atoms with E-state index < -0.39 is 0 Å². The molecule has 2 unspecified atom stereocenters. The summed E-state index contributed by atoms with van der Waals surface area (Å²) in [6, 6.07) is -0.175. The van der Waals surface area contributed by atoms with Gasteiger partial charge in [0.2, 0.25) is 0 Å². The molecule has 2 nitrogen and oxygen atoms in total. The first-order valence-electron chi connectivity index (χ1n) is 4.72. The SMILES string of the molecule is [B][C@@H]1O[C@@]2(CC)CC3(C)OC1[C@@H]32. The molecule has 2 heterocycles. The molecule has 0 N–H and O–H groups in total. The summed E-state index contributed by atoms with van der Waals surface area (Å²) in [5.41, 5.74) is 0.186. The lowest BCUT2D eigenvalue weighted by Gasteiger charge is -2.65. The third kappa shape index (κ3) is 0.530. The molecule has 2 aliphatic heterocycles. The Morgan fingerprint density at radius 2 is 2.25 bits per heavy atom. The fraction of sp³-hybridized carbons (Fsp3) is 1.00. The fourth-order valence-corrected chi connectivity index (χ4v) is 3.45. The Kier molecular flexibility index (Phi) is 1.08. The van der Waals surface area contributed by atoms with E-state index in [9.17, 15) is 0 Å². The van der Waals surface area contributed by atoms with Gasteiger partial charge >= 0.3 is 0 Å². The molecule has 2 radical (unpaired) electrons. The molecular formula is C9H13BO2. The Balaban J connectivity index is 1.94. The first-order chi connectivity index (χ1) is 5.61. The lowest BCUT2D eigenvalue weighted by atomic mass is 9.52. The van der Waals surface area contributed by atoms with Crippen LogP contribution < -0.4 is 0 Å². The van der Waals surface area contributed by atoms with Crippen molar-refractivity contribution in [1.82, 2.24) is 0 Å². The quantitative estimate of drug-likeness (QED) is 0.534. The molecule has 0 bridgehead atoms. The zero-order valence-corrected chi connectivity index (χ0v) is 7.54. The predicted molar refractivity (Wildman–Crippen MR) is 45.0 cm³/mol. The highest BCUT2D eigenvalue weighted by molar-refractivity contribution is 6.12. The van der Waals surface area contributed by atoms with E-state index >= 15 is 0 Å². The molecule has 3 aliphatic rings. The van der Waals surface area contributed by atoms with Gasteiger partial charge in [0, 0.05) is 18.3 Å². The van der Waals surface area contributed by atoms with E-state index in [0.717, 1.165) is 12.8 Å². The van der Waals surface area contributed by atoms with Gasteiger partial charge in [-0.15, -0.1) is 0 Å². The van der Waals surface area contributed by atoms with Gasteiger partial charge in [-0.05, 0) is 13.3 Å². The molecule has 0 aromatic carbocycles. The molecule has 1 saturated carbocycles. The van der Waals surface area contributed by atoms with Crippen LogP contribution in [0.1, 0.15) is 26.7 Å². The highest BCUT2D eigenvalue weighted by Gasteiger charge is 2.77. The molecule has 12 heavy (non-hydrogen) atoms. The lowest BCUT2D eigenvalue weighted by molar-refractivity contribution is -0.329. The number of rotatable bonds is 1. The number of hydrogen-bond donors (Lipinski definition) is 0. The molecule has 64 valence electrons. The summed E-state index contributed by atoms with van der Waals surface area (Å²) in [6.45, 7) is 4.34. The molecule has 5 atom stereocenters. The van der Waals surface area contributed by atoms with Crippen LogP contribution in [0.3, 0.4) is 0 Å². The summed E-state index contributed by atoms with van der Waals surface area (Å²) >= 11 is 0. The van der Waals surface area contributed by atoms with Crippen LogP contribution in [-0.4, -0.2) is 31.2 Å². The van der Waals surface area contributed by atoms with Crippen molar-refractivity contribution in [2.24, 2.45) is 5.92 Å². The van der Waals surface area contributed by atoms with Crippen molar-refractivity contribution in [3.63, 3.8) is 0 Å². The van der Waals surface area contributed by atoms with Crippen LogP contribution in [0.2, 0.25) is 0 Å². The van der Waals surface area contributed by atoms with Crippen LogP contribution in [0.25, 0.3) is 0 Å². The minimum atomic E-state index is -0.175. The minimum Gasteiger partial charge on any atom is -0.378 e. The maximum absolute atomic E-state index is 5.81. The second kappa shape index (κ2) is 1.75. The van der Waals surface area contributed by atoms with Gasteiger partial charge in [0.25, 0.3) is 0 Å². The van der Waals surface area contributed by atoms with Crippen molar-refractivity contribution in [3.05, 3.63) is 0 Å².